The SMILES string of the molecule is O=C(O)Cc1sc(-c2ccc(Cl)cc2)nc1-c1ccc(F)cc1. The molecule has 0 radical (unpaired) electrons. The maximum absolute atomic E-state index is 13.1. The second-order valence-electron chi connectivity index (χ2n) is 4.88. The Morgan fingerprint density at radius 1 is 1.09 bits per heavy atom. The number of hydrogen-bond donors (Lipinski definition) is 1. The van der Waals surface area contributed by atoms with Gasteiger partial charge in [0.15, 0.2) is 0 Å². The first kappa shape index (κ1) is 15.6. The number of hydrogen-bond acceptors (Lipinski definition) is 3. The van der Waals surface area contributed by atoms with Crippen LogP contribution in [0.1, 0.15) is 4.88 Å². The van der Waals surface area contributed by atoms with Crippen molar-refractivity contribution in [3.8, 4) is 21.8 Å². The highest BCUT2D eigenvalue weighted by Gasteiger charge is 2.16. The standard InChI is InChI=1S/C17H11ClFNO2S/c18-12-5-1-11(2-6-12)17-20-16(14(23-17)9-15(21)22)10-3-7-13(19)8-4-10/h1-8H,9H2,(H,21,22). The largest absolute Gasteiger partial charge is 0.481 e. The fraction of sp³-hybridized carbons (Fsp3) is 0.0588. The maximum Gasteiger partial charge on any atom is 0.308 e. The van der Waals surface area contributed by atoms with Crippen LogP contribution >= 0.6 is 22.9 Å². The molecule has 116 valence electrons. The molecule has 0 bridgehead atoms. The van der Waals surface area contributed by atoms with E-state index in [0.29, 0.717) is 26.2 Å². The van der Waals surface area contributed by atoms with Gasteiger partial charge in [-0.05, 0) is 36.4 Å². The molecule has 3 nitrogen and oxygen atoms in total. The van der Waals surface area contributed by atoms with Crippen molar-refractivity contribution in [1.29, 1.82) is 0 Å². The lowest BCUT2D eigenvalue weighted by Crippen LogP contribution is -1.99. The summed E-state index contributed by atoms with van der Waals surface area (Å²) >= 11 is 7.20. The summed E-state index contributed by atoms with van der Waals surface area (Å²) in [7, 11) is 0. The van der Waals surface area contributed by atoms with Gasteiger partial charge in [-0.1, -0.05) is 23.7 Å². The Balaban J connectivity index is 2.08. The zero-order chi connectivity index (χ0) is 16.4. The number of carboxylic acids is 1. The van der Waals surface area contributed by atoms with E-state index in [0.717, 1.165) is 5.56 Å². The molecule has 0 aliphatic carbocycles. The molecule has 3 aromatic rings. The van der Waals surface area contributed by atoms with Crippen LogP contribution in [0, 0.1) is 5.82 Å². The van der Waals surface area contributed by atoms with E-state index < -0.39 is 5.97 Å². The van der Waals surface area contributed by atoms with Crippen LogP contribution in [0.5, 0.6) is 0 Å². The zero-order valence-electron chi connectivity index (χ0n) is 11.8. The maximum atomic E-state index is 13.1. The summed E-state index contributed by atoms with van der Waals surface area (Å²) in [5.74, 6) is -1.28. The molecule has 23 heavy (non-hydrogen) atoms. The third-order valence-electron chi connectivity index (χ3n) is 3.22. The Labute approximate surface area is 141 Å². The van der Waals surface area contributed by atoms with E-state index >= 15 is 0 Å². The van der Waals surface area contributed by atoms with Gasteiger partial charge in [0.25, 0.3) is 0 Å². The van der Waals surface area contributed by atoms with E-state index in [9.17, 15) is 9.18 Å². The molecule has 0 atom stereocenters. The van der Waals surface area contributed by atoms with Crippen molar-refractivity contribution in [2.75, 3.05) is 0 Å². The summed E-state index contributed by atoms with van der Waals surface area (Å²) in [5, 5.41) is 10.4. The number of nitrogens with zero attached hydrogens (tertiary/aromatic N) is 1. The number of benzene rings is 2. The van der Waals surface area contributed by atoms with Crippen molar-refractivity contribution in [3.63, 3.8) is 0 Å². The molecule has 0 spiro atoms. The lowest BCUT2D eigenvalue weighted by atomic mass is 10.1. The summed E-state index contributed by atoms with van der Waals surface area (Å²) in [4.78, 5) is 16.3. The van der Waals surface area contributed by atoms with E-state index in [2.05, 4.69) is 4.98 Å². The quantitative estimate of drug-likeness (QED) is 0.730. The Bertz CT molecular complexity index is 844. The average Bonchev–Trinajstić information content (AvgIpc) is 2.92. The number of aromatic nitrogens is 1. The fourth-order valence-electron chi connectivity index (χ4n) is 2.16. The highest BCUT2D eigenvalue weighted by molar-refractivity contribution is 7.15. The van der Waals surface area contributed by atoms with Crippen LogP contribution in [0.15, 0.2) is 48.5 Å². The topological polar surface area (TPSA) is 50.2 Å². The molecular weight excluding hydrogens is 337 g/mol. The molecule has 0 amide bonds. The van der Waals surface area contributed by atoms with Crippen molar-refractivity contribution in [1.82, 2.24) is 4.98 Å². The highest BCUT2D eigenvalue weighted by atomic mass is 35.5. The van der Waals surface area contributed by atoms with Crippen molar-refractivity contribution in [2.45, 2.75) is 6.42 Å². The van der Waals surface area contributed by atoms with E-state index in [1.54, 1.807) is 24.3 Å². The van der Waals surface area contributed by atoms with Crippen LogP contribution in [0.2, 0.25) is 5.02 Å². The summed E-state index contributed by atoms with van der Waals surface area (Å²) in [5.41, 5.74) is 2.13. The predicted molar refractivity (Wildman–Crippen MR) is 89.3 cm³/mol. The van der Waals surface area contributed by atoms with Crippen LogP contribution in [0.3, 0.4) is 0 Å². The minimum atomic E-state index is -0.931. The second kappa shape index (κ2) is 6.48. The molecule has 0 aliphatic rings. The Morgan fingerprint density at radius 3 is 2.30 bits per heavy atom. The molecule has 2 aromatic carbocycles. The molecular formula is C17H11ClFNO2S. The Hall–Kier alpha value is -2.24. The van der Waals surface area contributed by atoms with Crippen molar-refractivity contribution in [3.05, 3.63) is 64.2 Å². The third kappa shape index (κ3) is 3.57. The molecule has 6 heteroatoms. The average molecular weight is 348 g/mol. The summed E-state index contributed by atoms with van der Waals surface area (Å²) < 4.78 is 13.1. The Morgan fingerprint density at radius 2 is 1.70 bits per heavy atom. The number of carbonyl (C=O) groups is 1. The van der Waals surface area contributed by atoms with Crippen molar-refractivity contribution in [2.24, 2.45) is 0 Å². The Kier molecular flexibility index (Phi) is 4.41. The molecule has 3 rings (SSSR count). The summed E-state index contributed by atoms with van der Waals surface area (Å²) in [6.45, 7) is 0. The molecule has 0 aliphatic heterocycles. The van der Waals surface area contributed by atoms with Crippen LogP contribution in [-0.2, 0) is 11.2 Å². The van der Waals surface area contributed by atoms with Crippen LogP contribution in [-0.4, -0.2) is 16.1 Å². The van der Waals surface area contributed by atoms with Gasteiger partial charge in [-0.2, -0.15) is 0 Å². The molecule has 0 unspecified atom stereocenters. The van der Waals surface area contributed by atoms with E-state index in [1.807, 2.05) is 12.1 Å². The van der Waals surface area contributed by atoms with Gasteiger partial charge in [0.1, 0.15) is 10.8 Å². The third-order valence-corrected chi connectivity index (χ3v) is 4.57. The number of halogens is 2. The van der Waals surface area contributed by atoms with E-state index in [-0.39, 0.29) is 12.2 Å². The number of rotatable bonds is 4. The van der Waals surface area contributed by atoms with Gasteiger partial charge >= 0.3 is 5.97 Å². The number of thiazole rings is 1. The second-order valence-corrected chi connectivity index (χ2v) is 6.40. The van der Waals surface area contributed by atoms with Gasteiger partial charge in [0.2, 0.25) is 0 Å². The van der Waals surface area contributed by atoms with Gasteiger partial charge in [-0.25, -0.2) is 9.37 Å². The zero-order valence-corrected chi connectivity index (χ0v) is 13.4. The van der Waals surface area contributed by atoms with Crippen molar-refractivity contribution < 1.29 is 14.3 Å². The molecule has 0 saturated heterocycles. The molecule has 1 aromatic heterocycles. The normalized spacial score (nSPS) is 10.7. The number of aliphatic carboxylic acids is 1. The highest BCUT2D eigenvalue weighted by Crippen LogP contribution is 2.34. The predicted octanol–water partition coefficient (Wildman–Crippen LogP) is 4.90. The molecule has 0 fully saturated rings. The van der Waals surface area contributed by atoms with Crippen LogP contribution in [0.4, 0.5) is 4.39 Å². The van der Waals surface area contributed by atoms with Crippen LogP contribution in [0.25, 0.3) is 21.8 Å². The van der Waals surface area contributed by atoms with Gasteiger partial charge < -0.3 is 5.11 Å². The molecule has 1 heterocycles. The van der Waals surface area contributed by atoms with Gasteiger partial charge in [0.05, 0.1) is 12.1 Å². The fourth-order valence-corrected chi connectivity index (χ4v) is 3.36. The summed E-state index contributed by atoms with van der Waals surface area (Å²) in [6, 6.07) is 13.0. The van der Waals surface area contributed by atoms with E-state index in [1.165, 1.54) is 23.5 Å². The van der Waals surface area contributed by atoms with Crippen molar-refractivity contribution >= 4 is 28.9 Å². The molecule has 1 N–H and O–H groups in total. The monoisotopic (exact) mass is 347 g/mol. The minimum absolute atomic E-state index is 0.127. The first-order valence-corrected chi connectivity index (χ1v) is 7.96. The van der Waals surface area contributed by atoms with E-state index in [4.69, 9.17) is 16.7 Å². The molecule has 0 saturated carbocycles. The first-order valence-electron chi connectivity index (χ1n) is 6.76. The number of carboxylic acid groups (broad SMARTS) is 1. The smallest absolute Gasteiger partial charge is 0.308 e. The first-order chi connectivity index (χ1) is 11.0. The van der Waals surface area contributed by atoms with Crippen LogP contribution < -0.4 is 0 Å². The van der Waals surface area contributed by atoms with Gasteiger partial charge in [-0.15, -0.1) is 11.3 Å². The van der Waals surface area contributed by atoms with Gasteiger partial charge in [-0.3, -0.25) is 4.79 Å². The lowest BCUT2D eigenvalue weighted by molar-refractivity contribution is -0.136. The minimum Gasteiger partial charge on any atom is -0.481 e. The van der Waals surface area contributed by atoms with Gasteiger partial charge in [0, 0.05) is 21.0 Å². The lowest BCUT2D eigenvalue weighted by Gasteiger charge is -2.00. The summed E-state index contributed by atoms with van der Waals surface area (Å²) in [6.07, 6.45) is -0.127.